The van der Waals surface area contributed by atoms with Gasteiger partial charge < -0.3 is 15.4 Å². The molecule has 0 aromatic heterocycles. The minimum atomic E-state index is -0.545. The largest absolute Gasteiger partial charge is 0.373 e. The van der Waals surface area contributed by atoms with E-state index in [1.165, 1.54) is 18.2 Å². The van der Waals surface area contributed by atoms with Crippen molar-refractivity contribution in [3.05, 3.63) is 35.4 Å². The average molecular weight is 308 g/mol. The van der Waals surface area contributed by atoms with Gasteiger partial charge in [0.15, 0.2) is 0 Å². The van der Waals surface area contributed by atoms with E-state index < -0.39 is 11.6 Å². The number of ether oxygens (including phenoxy) is 1. The van der Waals surface area contributed by atoms with Gasteiger partial charge in [-0.05, 0) is 37.8 Å². The van der Waals surface area contributed by atoms with E-state index in [2.05, 4.69) is 10.6 Å². The van der Waals surface area contributed by atoms with Crippen LogP contribution in [0.1, 0.15) is 37.2 Å². The highest BCUT2D eigenvalue weighted by atomic mass is 19.1. The van der Waals surface area contributed by atoms with Crippen LogP contribution in [0.3, 0.4) is 0 Å². The van der Waals surface area contributed by atoms with Gasteiger partial charge in [-0.15, -0.1) is 0 Å². The fourth-order valence-electron chi connectivity index (χ4n) is 3.71. The van der Waals surface area contributed by atoms with Gasteiger partial charge in [0.05, 0.1) is 18.2 Å². The lowest BCUT2D eigenvalue weighted by Crippen LogP contribution is -2.47. The number of urea groups is 1. The smallest absolute Gasteiger partial charge is 0.315 e. The first-order chi connectivity index (χ1) is 10.6. The van der Waals surface area contributed by atoms with E-state index in [1.807, 2.05) is 0 Å². The van der Waals surface area contributed by atoms with Gasteiger partial charge in [-0.25, -0.2) is 13.6 Å². The molecule has 22 heavy (non-hydrogen) atoms. The summed E-state index contributed by atoms with van der Waals surface area (Å²) in [6.07, 6.45) is 3.88. The molecule has 4 rings (SSSR count). The van der Waals surface area contributed by atoms with Crippen LogP contribution < -0.4 is 10.6 Å². The van der Waals surface area contributed by atoms with Crippen LogP contribution in [0.15, 0.2) is 18.2 Å². The van der Waals surface area contributed by atoms with Crippen LogP contribution in [0.4, 0.5) is 13.6 Å². The molecule has 2 bridgehead atoms. The van der Waals surface area contributed by atoms with Crippen molar-refractivity contribution in [1.82, 2.24) is 10.6 Å². The topological polar surface area (TPSA) is 50.4 Å². The number of hydrogen-bond donors (Lipinski definition) is 2. The Hall–Kier alpha value is -1.69. The van der Waals surface area contributed by atoms with Crippen molar-refractivity contribution in [2.24, 2.45) is 0 Å². The molecule has 2 N–H and O–H groups in total. The van der Waals surface area contributed by atoms with Gasteiger partial charge >= 0.3 is 6.03 Å². The highest BCUT2D eigenvalue weighted by Gasteiger charge is 2.44. The molecule has 6 heteroatoms. The minimum Gasteiger partial charge on any atom is -0.373 e. The predicted octanol–water partition coefficient (Wildman–Crippen LogP) is 2.44. The molecule has 1 aliphatic carbocycles. The van der Waals surface area contributed by atoms with Crippen LogP contribution in [0.5, 0.6) is 0 Å². The molecule has 2 amide bonds. The van der Waals surface area contributed by atoms with E-state index in [9.17, 15) is 13.6 Å². The van der Waals surface area contributed by atoms with Crippen LogP contribution in [-0.4, -0.2) is 30.3 Å². The minimum absolute atomic E-state index is 0.0566. The van der Waals surface area contributed by atoms with Gasteiger partial charge in [0.2, 0.25) is 0 Å². The second kappa shape index (κ2) is 5.19. The van der Waals surface area contributed by atoms with Crippen molar-refractivity contribution in [3.63, 3.8) is 0 Å². The maximum absolute atomic E-state index is 13.7. The first-order valence-electron chi connectivity index (χ1n) is 7.78. The van der Waals surface area contributed by atoms with Gasteiger partial charge in [-0.1, -0.05) is 6.07 Å². The van der Waals surface area contributed by atoms with E-state index in [0.29, 0.717) is 6.42 Å². The van der Waals surface area contributed by atoms with Crippen LogP contribution >= 0.6 is 0 Å². The van der Waals surface area contributed by atoms with Crippen LogP contribution in [0.2, 0.25) is 0 Å². The molecule has 0 spiro atoms. The number of benzene rings is 1. The summed E-state index contributed by atoms with van der Waals surface area (Å²) >= 11 is 0. The highest BCUT2D eigenvalue weighted by molar-refractivity contribution is 5.75. The first-order valence-corrected chi connectivity index (χ1v) is 7.78. The molecule has 118 valence electrons. The maximum atomic E-state index is 13.7. The number of fused-ring (bicyclic) bond motifs is 2. The molecular weight excluding hydrogens is 290 g/mol. The van der Waals surface area contributed by atoms with Crippen LogP contribution in [0, 0.1) is 11.6 Å². The molecule has 1 aromatic rings. The van der Waals surface area contributed by atoms with Crippen LogP contribution in [-0.2, 0) is 4.74 Å². The normalized spacial score (nSPS) is 35.5. The predicted molar refractivity (Wildman–Crippen MR) is 75.5 cm³/mol. The van der Waals surface area contributed by atoms with Gasteiger partial charge in [0.25, 0.3) is 0 Å². The molecule has 0 radical (unpaired) electrons. The summed E-state index contributed by atoms with van der Waals surface area (Å²) in [5, 5.41) is 5.72. The van der Waals surface area contributed by atoms with Crippen molar-refractivity contribution in [1.29, 1.82) is 0 Å². The number of nitrogens with one attached hydrogen (secondary N) is 2. The molecule has 2 aliphatic heterocycles. The van der Waals surface area contributed by atoms with E-state index in [1.54, 1.807) is 0 Å². The monoisotopic (exact) mass is 308 g/mol. The third-order valence-electron chi connectivity index (χ3n) is 4.90. The number of rotatable bonds is 3. The number of carbonyl (C=O) groups is 1. The van der Waals surface area contributed by atoms with Crippen molar-refractivity contribution in [2.45, 2.75) is 55.9 Å². The SMILES string of the molecule is O=C(N[C@@H]1C[C@H]2CC[C@H]1O2)N[C@@H]1C[C@H]1c1c(F)cccc1F. The number of hydrogen-bond acceptors (Lipinski definition) is 2. The third-order valence-corrected chi connectivity index (χ3v) is 4.90. The number of carbonyl (C=O) groups excluding carboxylic acids is 1. The zero-order valence-electron chi connectivity index (χ0n) is 12.0. The molecule has 2 saturated heterocycles. The lowest BCUT2D eigenvalue weighted by Gasteiger charge is -2.20. The summed E-state index contributed by atoms with van der Waals surface area (Å²) in [6.45, 7) is 0. The lowest BCUT2D eigenvalue weighted by molar-refractivity contribution is 0.0981. The second-order valence-electron chi connectivity index (χ2n) is 6.42. The Kier molecular flexibility index (Phi) is 3.29. The van der Waals surface area contributed by atoms with E-state index in [0.717, 1.165) is 19.3 Å². The molecular formula is C16H18F2N2O2. The molecule has 1 saturated carbocycles. The van der Waals surface area contributed by atoms with Crippen molar-refractivity contribution >= 4 is 6.03 Å². The van der Waals surface area contributed by atoms with Crippen molar-refractivity contribution in [2.75, 3.05) is 0 Å². The van der Waals surface area contributed by atoms with E-state index in [4.69, 9.17) is 4.74 Å². The number of halogens is 2. The van der Waals surface area contributed by atoms with E-state index in [-0.39, 0.29) is 41.8 Å². The fraction of sp³-hybridized carbons (Fsp3) is 0.562. The van der Waals surface area contributed by atoms with Gasteiger partial charge in [0.1, 0.15) is 11.6 Å². The lowest BCUT2D eigenvalue weighted by atomic mass is 9.96. The van der Waals surface area contributed by atoms with Gasteiger partial charge in [-0.2, -0.15) is 0 Å². The molecule has 3 aliphatic rings. The van der Waals surface area contributed by atoms with E-state index >= 15 is 0 Å². The molecule has 2 heterocycles. The first kappa shape index (κ1) is 13.9. The summed E-state index contributed by atoms with van der Waals surface area (Å²) in [5.41, 5.74) is 0.0797. The van der Waals surface area contributed by atoms with Crippen molar-refractivity contribution in [3.8, 4) is 0 Å². The van der Waals surface area contributed by atoms with Gasteiger partial charge in [0, 0.05) is 17.5 Å². The summed E-state index contributed by atoms with van der Waals surface area (Å²) in [7, 11) is 0. The standard InChI is InChI=1S/C16H18F2N2O2/c17-10-2-1-3-11(18)15(10)9-7-12(9)19-16(21)20-13-6-8-4-5-14(13)22-8/h1-3,8-9,12-14H,4-7H2,(H2,19,20,21)/t8-,9-,12-,13-,14-/m1/s1. The Morgan fingerprint density at radius 2 is 1.82 bits per heavy atom. The molecule has 0 unspecified atom stereocenters. The zero-order valence-corrected chi connectivity index (χ0v) is 12.0. The highest BCUT2D eigenvalue weighted by Crippen LogP contribution is 2.43. The Bertz CT molecular complexity index is 590. The average Bonchev–Trinajstić information content (AvgIpc) is 2.91. The third kappa shape index (κ3) is 2.45. The van der Waals surface area contributed by atoms with Crippen molar-refractivity contribution < 1.29 is 18.3 Å². The summed E-state index contributed by atoms with van der Waals surface area (Å²) < 4.78 is 33.1. The summed E-state index contributed by atoms with van der Waals surface area (Å²) in [5.74, 6) is -1.37. The molecule has 3 fully saturated rings. The summed E-state index contributed by atoms with van der Waals surface area (Å²) in [6, 6.07) is 3.43. The second-order valence-corrected chi connectivity index (χ2v) is 6.42. The Morgan fingerprint density at radius 1 is 1.09 bits per heavy atom. The quantitative estimate of drug-likeness (QED) is 0.901. The van der Waals surface area contributed by atoms with Crippen LogP contribution in [0.25, 0.3) is 0 Å². The number of amides is 2. The molecule has 1 aromatic carbocycles. The fourth-order valence-corrected chi connectivity index (χ4v) is 3.71. The maximum Gasteiger partial charge on any atom is 0.315 e. The Morgan fingerprint density at radius 3 is 2.45 bits per heavy atom. The van der Waals surface area contributed by atoms with Gasteiger partial charge in [-0.3, -0.25) is 0 Å². The summed E-state index contributed by atoms with van der Waals surface area (Å²) in [4.78, 5) is 12.0. The molecule has 4 nitrogen and oxygen atoms in total. The zero-order chi connectivity index (χ0) is 15.3. The Labute approximate surface area is 127 Å². The Balaban J connectivity index is 1.33. The molecule has 5 atom stereocenters.